The minimum Gasteiger partial charge on any atom is -0.384 e. The molecule has 0 spiro atoms. The van der Waals surface area contributed by atoms with Gasteiger partial charge in [0.05, 0.1) is 11.6 Å². The summed E-state index contributed by atoms with van der Waals surface area (Å²) in [6.07, 6.45) is 0. The Bertz CT molecular complexity index is 646. The molecule has 8 heteroatoms. The number of carbonyl (C=O) groups is 1. The highest BCUT2D eigenvalue weighted by atomic mass is 35.5. The van der Waals surface area contributed by atoms with E-state index in [1.54, 1.807) is 0 Å². The Morgan fingerprint density at radius 3 is 2.68 bits per heavy atom. The fourth-order valence-electron chi connectivity index (χ4n) is 1.18. The molecule has 19 heavy (non-hydrogen) atoms. The van der Waals surface area contributed by atoms with Gasteiger partial charge in [-0.3, -0.25) is 4.79 Å². The minimum atomic E-state index is -3.90. The van der Waals surface area contributed by atoms with Gasteiger partial charge in [0.15, 0.2) is 0 Å². The van der Waals surface area contributed by atoms with E-state index in [1.165, 1.54) is 18.2 Å². The molecule has 0 aliphatic heterocycles. The van der Waals surface area contributed by atoms with Crippen LogP contribution in [0.4, 0.5) is 0 Å². The largest absolute Gasteiger partial charge is 0.384 e. The van der Waals surface area contributed by atoms with Crippen LogP contribution in [0.2, 0.25) is 5.02 Å². The summed E-state index contributed by atoms with van der Waals surface area (Å²) in [7, 11) is -3.90. The van der Waals surface area contributed by atoms with Crippen LogP contribution in [0.25, 0.3) is 0 Å². The number of benzene rings is 1. The highest BCUT2D eigenvalue weighted by molar-refractivity contribution is 7.89. The molecule has 0 aromatic heterocycles. The van der Waals surface area contributed by atoms with Crippen LogP contribution in [0.3, 0.4) is 0 Å². The summed E-state index contributed by atoms with van der Waals surface area (Å²) in [5.41, 5.74) is 5.32. The highest BCUT2D eigenvalue weighted by Gasteiger charge is 2.18. The van der Waals surface area contributed by atoms with E-state index in [-0.39, 0.29) is 16.5 Å². The van der Waals surface area contributed by atoms with Gasteiger partial charge in [-0.1, -0.05) is 23.4 Å². The number of nitrogens with one attached hydrogen (secondary N) is 1. The maximum atomic E-state index is 11.8. The van der Waals surface area contributed by atoms with Gasteiger partial charge in [-0.2, -0.15) is 0 Å². The lowest BCUT2D eigenvalue weighted by atomic mass is 10.2. The molecular formula is C11H11ClN2O4S. The molecule has 1 aromatic carbocycles. The lowest BCUT2D eigenvalue weighted by Gasteiger charge is -2.07. The molecule has 0 fully saturated rings. The average Bonchev–Trinajstić information content (AvgIpc) is 2.34. The molecule has 0 unspecified atom stereocenters. The molecule has 0 aliphatic rings. The lowest BCUT2D eigenvalue weighted by Crippen LogP contribution is -2.33. The van der Waals surface area contributed by atoms with Gasteiger partial charge < -0.3 is 10.8 Å². The fourth-order valence-corrected chi connectivity index (χ4v) is 2.72. The van der Waals surface area contributed by atoms with Crippen molar-refractivity contribution in [2.24, 2.45) is 5.73 Å². The number of amides is 1. The van der Waals surface area contributed by atoms with E-state index in [4.69, 9.17) is 22.4 Å². The van der Waals surface area contributed by atoms with Crippen LogP contribution < -0.4 is 10.5 Å². The number of hydrogen-bond acceptors (Lipinski definition) is 4. The summed E-state index contributed by atoms with van der Waals surface area (Å²) in [6.45, 7) is -0.817. The van der Waals surface area contributed by atoms with Crippen molar-refractivity contribution < 1.29 is 18.3 Å². The van der Waals surface area contributed by atoms with Crippen molar-refractivity contribution in [2.75, 3.05) is 13.2 Å². The Morgan fingerprint density at radius 1 is 1.47 bits per heavy atom. The number of hydrogen-bond donors (Lipinski definition) is 3. The number of aliphatic hydroxyl groups excluding tert-OH is 1. The standard InChI is InChI=1S/C11H11ClN2O4S/c12-9-6-8(2-1-5-15)3-4-10(9)19(17,18)14-7-11(13)16/h3-4,6,14-15H,5,7H2,(H2,13,16). The SMILES string of the molecule is NC(=O)CNS(=O)(=O)c1ccc(C#CCO)cc1Cl. The monoisotopic (exact) mass is 302 g/mol. The molecule has 0 heterocycles. The first-order valence-corrected chi connectivity index (χ1v) is 6.90. The quantitative estimate of drug-likeness (QED) is 0.648. The van der Waals surface area contributed by atoms with Crippen molar-refractivity contribution in [1.29, 1.82) is 0 Å². The third-order valence-corrected chi connectivity index (χ3v) is 3.85. The maximum absolute atomic E-state index is 11.8. The van der Waals surface area contributed by atoms with Gasteiger partial charge in [0.2, 0.25) is 15.9 Å². The molecule has 1 rings (SSSR count). The van der Waals surface area contributed by atoms with Crippen LogP contribution in [0.15, 0.2) is 23.1 Å². The molecular weight excluding hydrogens is 292 g/mol. The van der Waals surface area contributed by atoms with Gasteiger partial charge in [-0.15, -0.1) is 0 Å². The van der Waals surface area contributed by atoms with Gasteiger partial charge in [-0.25, -0.2) is 13.1 Å². The molecule has 0 bridgehead atoms. The van der Waals surface area contributed by atoms with Crippen LogP contribution in [-0.2, 0) is 14.8 Å². The molecule has 102 valence electrons. The number of carbonyl (C=O) groups excluding carboxylic acids is 1. The highest BCUT2D eigenvalue weighted by Crippen LogP contribution is 2.22. The van der Waals surface area contributed by atoms with Crippen LogP contribution in [-0.4, -0.2) is 32.6 Å². The van der Waals surface area contributed by atoms with E-state index in [0.717, 1.165) is 0 Å². The lowest BCUT2D eigenvalue weighted by molar-refractivity contribution is -0.116. The second-order valence-corrected chi connectivity index (χ2v) is 5.54. The third kappa shape index (κ3) is 4.54. The van der Waals surface area contributed by atoms with Gasteiger partial charge >= 0.3 is 0 Å². The summed E-state index contributed by atoms with van der Waals surface area (Å²) in [4.78, 5) is 10.4. The molecule has 0 saturated carbocycles. The summed E-state index contributed by atoms with van der Waals surface area (Å²) < 4.78 is 25.6. The smallest absolute Gasteiger partial charge is 0.242 e. The topological polar surface area (TPSA) is 109 Å². The number of sulfonamides is 1. The number of primary amides is 1. The van der Waals surface area contributed by atoms with Gasteiger partial charge in [0, 0.05) is 5.56 Å². The Labute approximate surface area is 115 Å². The van der Waals surface area contributed by atoms with E-state index in [2.05, 4.69) is 11.8 Å². The summed E-state index contributed by atoms with van der Waals surface area (Å²) in [6, 6.07) is 4.05. The Kier molecular flexibility index (Phi) is 5.32. The Hall–Kier alpha value is -1.59. The molecule has 1 amide bonds. The summed E-state index contributed by atoms with van der Waals surface area (Å²) in [5, 5.41) is 8.51. The van der Waals surface area contributed by atoms with Crippen molar-refractivity contribution in [3.63, 3.8) is 0 Å². The van der Waals surface area contributed by atoms with Crippen molar-refractivity contribution in [3.8, 4) is 11.8 Å². The van der Waals surface area contributed by atoms with Crippen molar-refractivity contribution >= 4 is 27.5 Å². The number of aliphatic hydroxyl groups is 1. The fraction of sp³-hybridized carbons (Fsp3) is 0.182. The Balaban J connectivity index is 3.05. The molecule has 1 aromatic rings. The zero-order valence-corrected chi connectivity index (χ0v) is 11.3. The number of rotatable bonds is 4. The molecule has 6 nitrogen and oxygen atoms in total. The predicted octanol–water partition coefficient (Wildman–Crippen LogP) is -0.553. The molecule has 0 atom stereocenters. The summed E-state index contributed by atoms with van der Waals surface area (Å²) >= 11 is 5.84. The van der Waals surface area contributed by atoms with Crippen molar-refractivity contribution in [1.82, 2.24) is 4.72 Å². The van der Waals surface area contributed by atoms with Crippen molar-refractivity contribution in [2.45, 2.75) is 4.90 Å². The van der Waals surface area contributed by atoms with Crippen molar-refractivity contribution in [3.05, 3.63) is 28.8 Å². The zero-order valence-electron chi connectivity index (χ0n) is 9.68. The first-order chi connectivity index (χ1) is 8.86. The minimum absolute atomic E-state index is 0.0401. The van der Waals surface area contributed by atoms with E-state index in [0.29, 0.717) is 5.56 Å². The normalized spacial score (nSPS) is 10.6. The predicted molar refractivity (Wildman–Crippen MR) is 69.8 cm³/mol. The third-order valence-electron chi connectivity index (χ3n) is 1.97. The zero-order chi connectivity index (χ0) is 14.5. The van der Waals surface area contributed by atoms with E-state index < -0.39 is 22.5 Å². The molecule has 0 aliphatic carbocycles. The van der Waals surface area contributed by atoms with E-state index in [9.17, 15) is 13.2 Å². The van der Waals surface area contributed by atoms with Gasteiger partial charge in [0.1, 0.15) is 11.5 Å². The maximum Gasteiger partial charge on any atom is 0.242 e. The first kappa shape index (κ1) is 15.5. The Morgan fingerprint density at radius 2 is 2.16 bits per heavy atom. The second-order valence-electron chi connectivity index (χ2n) is 3.40. The van der Waals surface area contributed by atoms with E-state index >= 15 is 0 Å². The van der Waals surface area contributed by atoms with E-state index in [1.807, 2.05) is 4.72 Å². The van der Waals surface area contributed by atoms with Crippen LogP contribution in [0, 0.1) is 11.8 Å². The summed E-state index contributed by atoms with van der Waals surface area (Å²) in [5.74, 6) is 4.20. The average molecular weight is 303 g/mol. The molecule has 0 radical (unpaired) electrons. The molecule has 0 saturated heterocycles. The number of halogens is 1. The number of nitrogens with two attached hydrogens (primary N) is 1. The second kappa shape index (κ2) is 6.54. The van der Waals surface area contributed by atoms with Gasteiger partial charge in [-0.05, 0) is 18.2 Å². The van der Waals surface area contributed by atoms with Gasteiger partial charge in [0.25, 0.3) is 0 Å². The molecule has 4 N–H and O–H groups in total. The van der Waals surface area contributed by atoms with Crippen LogP contribution in [0.1, 0.15) is 5.56 Å². The first-order valence-electron chi connectivity index (χ1n) is 5.04. The van der Waals surface area contributed by atoms with Crippen LogP contribution in [0.5, 0.6) is 0 Å². The van der Waals surface area contributed by atoms with Crippen LogP contribution >= 0.6 is 11.6 Å².